The first-order chi connectivity index (χ1) is 11.5. The molecule has 2 aromatic rings. The van der Waals surface area contributed by atoms with Crippen LogP contribution in [0.5, 0.6) is 11.5 Å². The highest BCUT2D eigenvalue weighted by molar-refractivity contribution is 6.23. The first kappa shape index (κ1) is 15.9. The van der Waals surface area contributed by atoms with E-state index in [1.54, 1.807) is 44.4 Å². The average molecular weight is 326 g/mol. The van der Waals surface area contributed by atoms with Gasteiger partial charge >= 0.3 is 0 Å². The lowest BCUT2D eigenvalue weighted by Crippen LogP contribution is -2.35. The molecule has 24 heavy (non-hydrogen) atoms. The summed E-state index contributed by atoms with van der Waals surface area (Å²) in [7, 11) is 1.58. The zero-order chi connectivity index (χ0) is 17.3. The third-order valence-corrected chi connectivity index (χ3v) is 4.00. The van der Waals surface area contributed by atoms with Gasteiger partial charge in [-0.05, 0) is 55.0 Å². The minimum atomic E-state index is -0.612. The van der Waals surface area contributed by atoms with E-state index < -0.39 is 6.04 Å². The van der Waals surface area contributed by atoms with Gasteiger partial charge in [-0.1, -0.05) is 0 Å². The number of hydrogen-bond acceptors (Lipinski definition) is 5. The van der Waals surface area contributed by atoms with Gasteiger partial charge < -0.3 is 15.2 Å². The summed E-state index contributed by atoms with van der Waals surface area (Å²) < 4.78 is 5.10. The Morgan fingerprint density at radius 1 is 1.17 bits per heavy atom. The lowest BCUT2D eigenvalue weighted by atomic mass is 10.1. The van der Waals surface area contributed by atoms with Crippen LogP contribution in [-0.4, -0.2) is 30.1 Å². The van der Waals surface area contributed by atoms with Crippen LogP contribution in [0.2, 0.25) is 0 Å². The Labute approximate surface area is 139 Å². The molecular weight excluding hydrogens is 308 g/mol. The number of anilines is 2. The summed E-state index contributed by atoms with van der Waals surface area (Å²) in [6.45, 7) is 1.75. The average Bonchev–Trinajstić information content (AvgIpc) is 2.83. The summed E-state index contributed by atoms with van der Waals surface area (Å²) in [5.74, 6) is 0.253. The van der Waals surface area contributed by atoms with Gasteiger partial charge in [0.1, 0.15) is 17.5 Å². The van der Waals surface area contributed by atoms with Crippen molar-refractivity contribution in [3.05, 3.63) is 48.0 Å². The second kappa shape index (κ2) is 6.23. The maximum atomic E-state index is 12.6. The van der Waals surface area contributed by atoms with Gasteiger partial charge in [-0.15, -0.1) is 0 Å². The van der Waals surface area contributed by atoms with Crippen LogP contribution in [0.1, 0.15) is 12.0 Å². The smallest absolute Gasteiger partial charge is 0.256 e. The number of methoxy groups -OCH3 is 1. The molecular formula is C18H18N2O4. The zero-order valence-corrected chi connectivity index (χ0v) is 13.4. The van der Waals surface area contributed by atoms with Gasteiger partial charge in [0.2, 0.25) is 5.91 Å². The SMILES string of the molecule is COc1ccc(NC2CC(=O)N(c3ccc(O)cc3C)C2=O)cc1. The van der Waals surface area contributed by atoms with Gasteiger partial charge in [-0.3, -0.25) is 9.59 Å². The molecule has 0 bridgehead atoms. The highest BCUT2D eigenvalue weighted by atomic mass is 16.5. The zero-order valence-electron chi connectivity index (χ0n) is 13.4. The fraction of sp³-hybridized carbons (Fsp3) is 0.222. The highest BCUT2D eigenvalue weighted by Crippen LogP contribution is 2.30. The quantitative estimate of drug-likeness (QED) is 0.844. The molecule has 2 N–H and O–H groups in total. The number of carbonyl (C=O) groups is 2. The first-order valence-electron chi connectivity index (χ1n) is 7.56. The van der Waals surface area contributed by atoms with E-state index >= 15 is 0 Å². The Kier molecular flexibility index (Phi) is 4.12. The van der Waals surface area contributed by atoms with Crippen molar-refractivity contribution in [1.82, 2.24) is 0 Å². The van der Waals surface area contributed by atoms with Crippen LogP contribution >= 0.6 is 0 Å². The Morgan fingerprint density at radius 2 is 1.88 bits per heavy atom. The van der Waals surface area contributed by atoms with E-state index in [0.717, 1.165) is 11.4 Å². The van der Waals surface area contributed by atoms with Crippen molar-refractivity contribution in [2.75, 3.05) is 17.3 Å². The van der Waals surface area contributed by atoms with Crippen LogP contribution < -0.4 is 15.0 Å². The Morgan fingerprint density at radius 3 is 2.50 bits per heavy atom. The molecule has 2 aromatic carbocycles. The lowest BCUT2D eigenvalue weighted by molar-refractivity contribution is -0.121. The molecule has 1 aliphatic heterocycles. The van der Waals surface area contributed by atoms with Crippen LogP contribution in [0, 0.1) is 6.92 Å². The third-order valence-electron chi connectivity index (χ3n) is 4.00. The topological polar surface area (TPSA) is 78.9 Å². The van der Waals surface area contributed by atoms with Crippen LogP contribution in [-0.2, 0) is 9.59 Å². The number of nitrogens with one attached hydrogen (secondary N) is 1. The van der Waals surface area contributed by atoms with Crippen molar-refractivity contribution in [2.24, 2.45) is 0 Å². The Bertz CT molecular complexity index is 786. The molecule has 1 fully saturated rings. The second-order valence-corrected chi connectivity index (χ2v) is 5.67. The predicted octanol–water partition coefficient (Wildman–Crippen LogP) is 2.45. The van der Waals surface area contributed by atoms with E-state index in [0.29, 0.717) is 11.3 Å². The number of phenols is 1. The van der Waals surface area contributed by atoms with Crippen LogP contribution in [0.15, 0.2) is 42.5 Å². The molecule has 0 radical (unpaired) electrons. The number of phenolic OH excluding ortho intramolecular Hbond substituents is 1. The normalized spacial score (nSPS) is 17.2. The number of ether oxygens (including phenoxy) is 1. The summed E-state index contributed by atoms with van der Waals surface area (Å²) in [6.07, 6.45) is 0.0885. The van der Waals surface area contributed by atoms with Crippen LogP contribution in [0.4, 0.5) is 11.4 Å². The van der Waals surface area contributed by atoms with Gasteiger partial charge in [0.25, 0.3) is 5.91 Å². The number of carbonyl (C=O) groups excluding carboxylic acids is 2. The van der Waals surface area contributed by atoms with Crippen molar-refractivity contribution in [3.63, 3.8) is 0 Å². The maximum Gasteiger partial charge on any atom is 0.256 e. The molecule has 1 aliphatic rings. The Balaban J connectivity index is 1.80. The number of nitrogens with zero attached hydrogens (tertiary/aromatic N) is 1. The summed E-state index contributed by atoms with van der Waals surface area (Å²) >= 11 is 0. The molecule has 3 rings (SSSR count). The second-order valence-electron chi connectivity index (χ2n) is 5.67. The predicted molar refractivity (Wildman–Crippen MR) is 90.4 cm³/mol. The van der Waals surface area contributed by atoms with E-state index in [2.05, 4.69) is 5.32 Å². The lowest BCUT2D eigenvalue weighted by Gasteiger charge is -2.18. The van der Waals surface area contributed by atoms with Gasteiger partial charge in [0.05, 0.1) is 19.2 Å². The molecule has 0 aliphatic carbocycles. The number of aromatic hydroxyl groups is 1. The first-order valence-corrected chi connectivity index (χ1v) is 7.56. The molecule has 0 aromatic heterocycles. The summed E-state index contributed by atoms with van der Waals surface area (Å²) in [4.78, 5) is 26.1. The molecule has 1 saturated heterocycles. The van der Waals surface area contributed by atoms with Gasteiger partial charge in [-0.25, -0.2) is 4.90 Å². The minimum absolute atomic E-state index is 0.0885. The monoisotopic (exact) mass is 326 g/mol. The molecule has 1 heterocycles. The molecule has 1 atom stereocenters. The van der Waals surface area contributed by atoms with E-state index in [-0.39, 0.29) is 24.0 Å². The minimum Gasteiger partial charge on any atom is -0.508 e. The van der Waals surface area contributed by atoms with E-state index in [1.807, 2.05) is 0 Å². The van der Waals surface area contributed by atoms with Crippen molar-refractivity contribution in [3.8, 4) is 11.5 Å². The largest absolute Gasteiger partial charge is 0.508 e. The standard InChI is InChI=1S/C18H18N2O4/c1-11-9-13(21)5-8-16(11)20-17(22)10-15(18(20)23)19-12-3-6-14(24-2)7-4-12/h3-9,15,19,21H,10H2,1-2H3. The van der Waals surface area contributed by atoms with Gasteiger partial charge in [0.15, 0.2) is 0 Å². The number of imide groups is 1. The molecule has 6 heteroatoms. The Hall–Kier alpha value is -3.02. The summed E-state index contributed by atoms with van der Waals surface area (Å²) in [5, 5.41) is 12.6. The molecule has 0 saturated carbocycles. The van der Waals surface area contributed by atoms with E-state index in [1.165, 1.54) is 17.0 Å². The molecule has 2 amide bonds. The van der Waals surface area contributed by atoms with Crippen molar-refractivity contribution in [1.29, 1.82) is 0 Å². The third kappa shape index (κ3) is 2.90. The fourth-order valence-electron chi connectivity index (χ4n) is 2.78. The fourth-order valence-corrected chi connectivity index (χ4v) is 2.78. The molecule has 0 spiro atoms. The number of amides is 2. The molecule has 1 unspecified atom stereocenters. The number of rotatable bonds is 4. The van der Waals surface area contributed by atoms with Crippen LogP contribution in [0.3, 0.4) is 0 Å². The summed E-state index contributed by atoms with van der Waals surface area (Å²) in [6, 6.07) is 11.1. The molecule has 6 nitrogen and oxygen atoms in total. The van der Waals surface area contributed by atoms with Gasteiger partial charge in [-0.2, -0.15) is 0 Å². The highest BCUT2D eigenvalue weighted by Gasteiger charge is 2.40. The number of aryl methyl sites for hydroxylation is 1. The van der Waals surface area contributed by atoms with Crippen molar-refractivity contribution < 1.29 is 19.4 Å². The number of benzene rings is 2. The van der Waals surface area contributed by atoms with Crippen molar-refractivity contribution in [2.45, 2.75) is 19.4 Å². The number of hydrogen-bond donors (Lipinski definition) is 2. The summed E-state index contributed by atoms with van der Waals surface area (Å²) in [5.41, 5.74) is 1.91. The van der Waals surface area contributed by atoms with E-state index in [4.69, 9.17) is 4.74 Å². The van der Waals surface area contributed by atoms with E-state index in [9.17, 15) is 14.7 Å². The maximum absolute atomic E-state index is 12.6. The van der Waals surface area contributed by atoms with Gasteiger partial charge in [0, 0.05) is 5.69 Å². The van der Waals surface area contributed by atoms with Crippen LogP contribution in [0.25, 0.3) is 0 Å². The molecule has 124 valence electrons. The van der Waals surface area contributed by atoms with Crippen molar-refractivity contribution >= 4 is 23.2 Å².